The van der Waals surface area contributed by atoms with Gasteiger partial charge < -0.3 is 15.5 Å². The van der Waals surface area contributed by atoms with Crippen LogP contribution in [0.3, 0.4) is 0 Å². The van der Waals surface area contributed by atoms with E-state index in [-0.39, 0.29) is 23.8 Å². The highest BCUT2D eigenvalue weighted by Gasteiger charge is 2.53. The molecule has 1 aromatic carbocycles. The van der Waals surface area contributed by atoms with E-state index < -0.39 is 17.5 Å². The number of carbonyl (C=O) groups excluding carboxylic acids is 4. The smallest absolute Gasteiger partial charge is 0.325 e. The number of hydrogen-bond donors (Lipinski definition) is 2. The third-order valence-corrected chi connectivity index (χ3v) is 8.41. The Bertz CT molecular complexity index is 997. The highest BCUT2D eigenvalue weighted by molar-refractivity contribution is 6.10. The minimum atomic E-state index is -0.876. The molecule has 1 aliphatic carbocycles. The Labute approximate surface area is 207 Å². The highest BCUT2D eigenvalue weighted by Crippen LogP contribution is 2.45. The Morgan fingerprint density at radius 1 is 1.17 bits per heavy atom. The molecule has 2 saturated heterocycles. The van der Waals surface area contributed by atoms with Crippen LogP contribution in [-0.4, -0.2) is 52.2 Å². The van der Waals surface area contributed by atoms with Gasteiger partial charge in [0.25, 0.3) is 5.91 Å². The van der Waals surface area contributed by atoms with Crippen LogP contribution >= 0.6 is 0 Å². The number of carbonyl (C=O) groups is 4. The molecule has 1 aromatic rings. The van der Waals surface area contributed by atoms with Crippen LogP contribution in [0, 0.1) is 11.3 Å². The van der Waals surface area contributed by atoms with E-state index in [2.05, 4.69) is 31.4 Å². The van der Waals surface area contributed by atoms with E-state index >= 15 is 0 Å². The van der Waals surface area contributed by atoms with Crippen molar-refractivity contribution >= 4 is 29.4 Å². The van der Waals surface area contributed by atoms with E-state index in [1.807, 2.05) is 23.1 Å². The molecule has 1 spiro atoms. The number of likely N-dealkylation sites (tertiary alicyclic amines) is 1. The highest BCUT2D eigenvalue weighted by atomic mass is 16.2. The lowest BCUT2D eigenvalue weighted by Gasteiger charge is -2.42. The molecule has 8 nitrogen and oxygen atoms in total. The number of imide groups is 1. The number of benzene rings is 1. The molecule has 35 heavy (non-hydrogen) atoms. The van der Waals surface area contributed by atoms with Crippen LogP contribution in [0.2, 0.25) is 0 Å². The summed E-state index contributed by atoms with van der Waals surface area (Å²) in [5.41, 5.74) is 0.848. The number of amides is 5. The van der Waals surface area contributed by atoms with Crippen LogP contribution in [0.1, 0.15) is 77.7 Å². The lowest BCUT2D eigenvalue weighted by molar-refractivity contribution is -0.135. The summed E-state index contributed by atoms with van der Waals surface area (Å²) in [6.07, 6.45) is 6.60. The molecular formula is C27H38N4O4. The number of nitrogens with zero attached hydrogens (tertiary/aromatic N) is 2. The maximum atomic E-state index is 13.2. The first-order chi connectivity index (χ1) is 16.6. The molecule has 190 valence electrons. The minimum absolute atomic E-state index is 0.158. The summed E-state index contributed by atoms with van der Waals surface area (Å²) in [7, 11) is 0. The summed E-state index contributed by atoms with van der Waals surface area (Å²) in [5.74, 6) is -0.0292. The summed E-state index contributed by atoms with van der Waals surface area (Å²) in [6.45, 7) is 7.66. The lowest BCUT2D eigenvalue weighted by atomic mass is 9.65. The summed E-state index contributed by atoms with van der Waals surface area (Å²) in [5, 5.41) is 5.72. The van der Waals surface area contributed by atoms with Gasteiger partial charge in [0.1, 0.15) is 12.1 Å². The van der Waals surface area contributed by atoms with Crippen molar-refractivity contribution in [2.24, 2.45) is 11.3 Å². The Balaban J connectivity index is 1.34. The molecule has 2 N–H and O–H groups in total. The molecule has 3 aliphatic rings. The third-order valence-electron chi connectivity index (χ3n) is 8.41. The molecule has 4 rings (SSSR count). The van der Waals surface area contributed by atoms with Gasteiger partial charge in [-0.1, -0.05) is 39.3 Å². The fourth-order valence-electron chi connectivity index (χ4n) is 5.68. The van der Waals surface area contributed by atoms with Gasteiger partial charge in [-0.3, -0.25) is 19.3 Å². The second-order valence-corrected chi connectivity index (χ2v) is 11.0. The minimum Gasteiger partial charge on any atom is -0.338 e. The van der Waals surface area contributed by atoms with E-state index in [0.29, 0.717) is 37.4 Å². The van der Waals surface area contributed by atoms with Crippen molar-refractivity contribution in [2.45, 2.75) is 84.2 Å². The average Bonchev–Trinajstić information content (AvgIpc) is 3.05. The SMILES string of the molecule is CCC(C)(C)C1CCC2(CC1)NC(=O)N(CC(=O)Nc1cccc(CN3CCCCC3=O)c1)C2=O. The summed E-state index contributed by atoms with van der Waals surface area (Å²) < 4.78 is 0. The van der Waals surface area contributed by atoms with Gasteiger partial charge in [0.15, 0.2) is 0 Å². The summed E-state index contributed by atoms with van der Waals surface area (Å²) in [6, 6.07) is 6.87. The van der Waals surface area contributed by atoms with E-state index in [4.69, 9.17) is 0 Å². The number of anilines is 1. The fraction of sp³-hybridized carbons (Fsp3) is 0.630. The number of urea groups is 1. The van der Waals surface area contributed by atoms with E-state index in [0.717, 1.165) is 49.1 Å². The largest absolute Gasteiger partial charge is 0.338 e. The van der Waals surface area contributed by atoms with Gasteiger partial charge in [0.05, 0.1) is 0 Å². The van der Waals surface area contributed by atoms with Crippen molar-refractivity contribution in [2.75, 3.05) is 18.4 Å². The molecule has 0 bridgehead atoms. The van der Waals surface area contributed by atoms with Gasteiger partial charge in [0, 0.05) is 25.2 Å². The monoisotopic (exact) mass is 482 g/mol. The van der Waals surface area contributed by atoms with Gasteiger partial charge in [-0.05, 0) is 67.6 Å². The summed E-state index contributed by atoms with van der Waals surface area (Å²) >= 11 is 0. The zero-order valence-corrected chi connectivity index (χ0v) is 21.2. The Kier molecular flexibility index (Phi) is 7.20. The van der Waals surface area contributed by atoms with Gasteiger partial charge >= 0.3 is 6.03 Å². The second kappa shape index (κ2) is 9.99. The molecule has 2 heterocycles. The molecule has 5 amide bonds. The zero-order chi connectivity index (χ0) is 25.2. The molecule has 2 aliphatic heterocycles. The second-order valence-electron chi connectivity index (χ2n) is 11.0. The van der Waals surface area contributed by atoms with Crippen molar-refractivity contribution in [1.29, 1.82) is 0 Å². The van der Waals surface area contributed by atoms with Crippen LogP contribution in [0.15, 0.2) is 24.3 Å². The predicted octanol–water partition coefficient (Wildman–Crippen LogP) is 4.05. The third kappa shape index (κ3) is 5.36. The number of rotatable bonds is 7. The first-order valence-electron chi connectivity index (χ1n) is 12.9. The van der Waals surface area contributed by atoms with Crippen LogP contribution in [-0.2, 0) is 20.9 Å². The van der Waals surface area contributed by atoms with E-state index in [1.54, 1.807) is 6.07 Å². The average molecular weight is 483 g/mol. The maximum Gasteiger partial charge on any atom is 0.325 e. The Hall–Kier alpha value is -2.90. The number of hydrogen-bond acceptors (Lipinski definition) is 4. The fourth-order valence-corrected chi connectivity index (χ4v) is 5.68. The molecule has 0 aromatic heterocycles. The zero-order valence-electron chi connectivity index (χ0n) is 21.2. The normalized spacial score (nSPS) is 25.2. The molecule has 8 heteroatoms. The van der Waals surface area contributed by atoms with Crippen LogP contribution in [0.4, 0.5) is 10.5 Å². The lowest BCUT2D eigenvalue weighted by Crippen LogP contribution is -2.51. The molecule has 0 unspecified atom stereocenters. The molecule has 0 atom stereocenters. The van der Waals surface area contributed by atoms with Crippen molar-refractivity contribution in [1.82, 2.24) is 15.1 Å². The van der Waals surface area contributed by atoms with E-state index in [9.17, 15) is 19.2 Å². The first kappa shape index (κ1) is 25.2. The quantitative estimate of drug-likeness (QED) is 0.573. The van der Waals surface area contributed by atoms with Crippen molar-refractivity contribution in [3.05, 3.63) is 29.8 Å². The van der Waals surface area contributed by atoms with Gasteiger partial charge in [-0.2, -0.15) is 0 Å². The van der Waals surface area contributed by atoms with Gasteiger partial charge in [-0.25, -0.2) is 4.79 Å². The van der Waals surface area contributed by atoms with Crippen molar-refractivity contribution in [3.8, 4) is 0 Å². The molecular weight excluding hydrogens is 444 g/mol. The van der Waals surface area contributed by atoms with Gasteiger partial charge in [0.2, 0.25) is 11.8 Å². The van der Waals surface area contributed by atoms with Crippen LogP contribution in [0.5, 0.6) is 0 Å². The summed E-state index contributed by atoms with van der Waals surface area (Å²) in [4.78, 5) is 53.7. The molecule has 0 radical (unpaired) electrons. The Morgan fingerprint density at radius 2 is 1.91 bits per heavy atom. The number of nitrogens with one attached hydrogen (secondary N) is 2. The van der Waals surface area contributed by atoms with E-state index in [1.165, 1.54) is 0 Å². The Morgan fingerprint density at radius 3 is 2.60 bits per heavy atom. The van der Waals surface area contributed by atoms with Crippen LogP contribution < -0.4 is 10.6 Å². The van der Waals surface area contributed by atoms with Crippen molar-refractivity contribution in [3.63, 3.8) is 0 Å². The van der Waals surface area contributed by atoms with Crippen LogP contribution in [0.25, 0.3) is 0 Å². The maximum absolute atomic E-state index is 13.2. The molecule has 3 fully saturated rings. The first-order valence-corrected chi connectivity index (χ1v) is 12.9. The number of piperidine rings is 1. The van der Waals surface area contributed by atoms with Gasteiger partial charge in [-0.15, -0.1) is 0 Å². The predicted molar refractivity (Wildman–Crippen MR) is 133 cm³/mol. The topological polar surface area (TPSA) is 98.8 Å². The molecule has 1 saturated carbocycles. The standard InChI is InChI=1S/C27H38N4O4/c1-4-26(2,3)20-11-13-27(14-12-20)24(34)31(25(35)29-27)18-22(32)28-21-9-7-8-19(16-21)17-30-15-6-5-10-23(30)33/h7-9,16,20H,4-6,10-15,17-18H2,1-3H3,(H,28,32)(H,29,35). The van der Waals surface area contributed by atoms with Crippen molar-refractivity contribution < 1.29 is 19.2 Å².